The minimum Gasteiger partial charge on any atom is -0.462 e. The van der Waals surface area contributed by atoms with Crippen LogP contribution in [0.4, 0.5) is 9.59 Å². The topological polar surface area (TPSA) is 103 Å². The van der Waals surface area contributed by atoms with E-state index in [2.05, 4.69) is 37.9 Å². The average molecular weight is 839 g/mol. The molecule has 0 rings (SSSR count). The lowest BCUT2D eigenvalue weighted by molar-refractivity contribution is -0.150. The van der Waals surface area contributed by atoms with E-state index in [-0.39, 0.29) is 18.2 Å². The normalized spacial score (nSPS) is 12.2. The maximum atomic E-state index is 12.9. The Balaban J connectivity index is 4.56. The Kier molecular flexibility index (Phi) is 39.9. The van der Waals surface area contributed by atoms with Crippen molar-refractivity contribution in [3.8, 4) is 0 Å². The van der Waals surface area contributed by atoms with Gasteiger partial charge in [-0.25, -0.2) is 9.59 Å². The van der Waals surface area contributed by atoms with Crippen LogP contribution in [0.15, 0.2) is 0 Å². The summed E-state index contributed by atoms with van der Waals surface area (Å²) in [5.41, 5.74) is -0.513. The number of hydrogen-bond donors (Lipinski definition) is 1. The van der Waals surface area contributed by atoms with Crippen LogP contribution in [0.5, 0.6) is 0 Å². The molecule has 350 valence electrons. The summed E-state index contributed by atoms with van der Waals surface area (Å²) in [7, 11) is 0. The maximum Gasteiger partial charge on any atom is 0.508 e. The maximum absolute atomic E-state index is 12.9. The number of amides is 1. The molecule has 0 fully saturated rings. The van der Waals surface area contributed by atoms with Crippen LogP contribution < -0.4 is 5.32 Å². The quantitative estimate of drug-likeness (QED) is 0.0368. The zero-order valence-corrected chi connectivity index (χ0v) is 40.1. The van der Waals surface area contributed by atoms with Crippen molar-refractivity contribution in [1.29, 1.82) is 0 Å². The highest BCUT2D eigenvalue weighted by Crippen LogP contribution is 2.19. The van der Waals surface area contributed by atoms with Gasteiger partial charge < -0.3 is 29.2 Å². The Labute approximate surface area is 365 Å². The summed E-state index contributed by atoms with van der Waals surface area (Å²) < 4.78 is 22.0. The molecule has 0 aliphatic carbocycles. The Morgan fingerprint density at radius 1 is 0.542 bits per heavy atom. The van der Waals surface area contributed by atoms with Gasteiger partial charge in [0.15, 0.2) is 0 Å². The number of hydrogen-bond acceptors (Lipinski definition) is 8. The van der Waals surface area contributed by atoms with Gasteiger partial charge >= 0.3 is 18.2 Å². The Hall–Kier alpha value is -2.03. The second kappa shape index (κ2) is 41.3. The second-order valence-electron chi connectivity index (χ2n) is 18.5. The van der Waals surface area contributed by atoms with Crippen molar-refractivity contribution < 1.29 is 33.3 Å². The average Bonchev–Trinajstić information content (AvgIpc) is 3.19. The van der Waals surface area contributed by atoms with Crippen molar-refractivity contribution in [2.75, 3.05) is 39.4 Å². The van der Waals surface area contributed by atoms with Gasteiger partial charge in [-0.2, -0.15) is 0 Å². The van der Waals surface area contributed by atoms with E-state index in [1.807, 2.05) is 20.8 Å². The number of carbonyl (C=O) groups is 3. The Bertz CT molecular complexity index is 940. The van der Waals surface area contributed by atoms with E-state index in [4.69, 9.17) is 18.9 Å². The van der Waals surface area contributed by atoms with Crippen LogP contribution in [0.2, 0.25) is 0 Å². The minimum atomic E-state index is -0.540. The number of ether oxygens (including phenoxy) is 4. The highest BCUT2D eigenvalue weighted by Gasteiger charge is 2.18. The van der Waals surface area contributed by atoms with E-state index >= 15 is 0 Å². The minimum absolute atomic E-state index is 0.00239. The largest absolute Gasteiger partial charge is 0.508 e. The first kappa shape index (κ1) is 57.0. The summed E-state index contributed by atoms with van der Waals surface area (Å²) in [6, 6.07) is 0. The molecule has 1 amide bonds. The van der Waals surface area contributed by atoms with Gasteiger partial charge in [0.2, 0.25) is 0 Å². The molecule has 59 heavy (non-hydrogen) atoms. The van der Waals surface area contributed by atoms with Gasteiger partial charge in [-0.3, -0.25) is 4.79 Å². The van der Waals surface area contributed by atoms with Crippen molar-refractivity contribution >= 4 is 18.2 Å². The molecule has 9 nitrogen and oxygen atoms in total. The molecule has 1 unspecified atom stereocenters. The zero-order valence-electron chi connectivity index (χ0n) is 40.1. The first-order valence-corrected chi connectivity index (χ1v) is 25.2. The third-order valence-electron chi connectivity index (χ3n) is 11.0. The predicted molar refractivity (Wildman–Crippen MR) is 247 cm³/mol. The molecule has 0 radical (unpaired) electrons. The zero-order chi connectivity index (χ0) is 43.7. The Morgan fingerprint density at radius 2 is 0.949 bits per heavy atom. The smallest absolute Gasteiger partial charge is 0.462 e. The number of alkyl carbamates (subject to hydrolysis) is 1. The molecular weight excluding hydrogens is 741 g/mol. The van der Waals surface area contributed by atoms with Gasteiger partial charge in [-0.1, -0.05) is 163 Å². The van der Waals surface area contributed by atoms with Crippen molar-refractivity contribution in [3.63, 3.8) is 0 Å². The van der Waals surface area contributed by atoms with Crippen LogP contribution in [-0.2, 0) is 23.7 Å². The first-order valence-electron chi connectivity index (χ1n) is 25.2. The third kappa shape index (κ3) is 42.5. The number of carbonyl (C=O) groups excluding carboxylic acids is 3. The van der Waals surface area contributed by atoms with Gasteiger partial charge in [0.1, 0.15) is 11.7 Å². The van der Waals surface area contributed by atoms with E-state index in [1.165, 1.54) is 109 Å². The number of esters is 1. The predicted octanol–water partition coefficient (Wildman–Crippen LogP) is 14.7. The molecular formula is C50H98N2O7. The van der Waals surface area contributed by atoms with E-state index in [0.29, 0.717) is 32.1 Å². The van der Waals surface area contributed by atoms with Gasteiger partial charge in [0.05, 0.1) is 13.2 Å². The SMILES string of the molecule is CCCCCCCCCOC(=O)OCCCCCCN(CCCCCCCC(=O)OC(CCCCCCCC)CCCCCCCC)CC(C)CNC(=O)OC(C)(C)C. The molecule has 0 aliphatic rings. The molecule has 0 aromatic heterocycles. The number of rotatable bonds is 42. The highest BCUT2D eigenvalue weighted by atomic mass is 16.7. The van der Waals surface area contributed by atoms with E-state index < -0.39 is 11.8 Å². The van der Waals surface area contributed by atoms with Gasteiger partial charge in [0.25, 0.3) is 0 Å². The molecule has 0 bridgehead atoms. The van der Waals surface area contributed by atoms with Crippen LogP contribution in [0.3, 0.4) is 0 Å². The van der Waals surface area contributed by atoms with Crippen molar-refractivity contribution in [2.24, 2.45) is 5.92 Å². The number of nitrogens with one attached hydrogen (secondary N) is 1. The van der Waals surface area contributed by atoms with Crippen molar-refractivity contribution in [1.82, 2.24) is 10.2 Å². The third-order valence-corrected chi connectivity index (χ3v) is 11.0. The fraction of sp³-hybridized carbons (Fsp3) is 0.940. The van der Waals surface area contributed by atoms with Crippen molar-refractivity contribution in [3.05, 3.63) is 0 Å². The van der Waals surface area contributed by atoms with Gasteiger partial charge in [0, 0.05) is 19.5 Å². The van der Waals surface area contributed by atoms with Crippen LogP contribution in [0.25, 0.3) is 0 Å². The lowest BCUT2D eigenvalue weighted by Gasteiger charge is -2.26. The molecule has 0 heterocycles. The van der Waals surface area contributed by atoms with Crippen molar-refractivity contribution in [2.45, 2.75) is 259 Å². The summed E-state index contributed by atoms with van der Waals surface area (Å²) >= 11 is 0. The molecule has 1 N–H and O–H groups in total. The molecule has 0 aromatic rings. The fourth-order valence-corrected chi connectivity index (χ4v) is 7.52. The van der Waals surface area contributed by atoms with Crippen LogP contribution >= 0.6 is 0 Å². The van der Waals surface area contributed by atoms with Crippen LogP contribution in [-0.4, -0.2) is 74.2 Å². The fourth-order valence-electron chi connectivity index (χ4n) is 7.52. The molecule has 0 aromatic carbocycles. The molecule has 0 saturated carbocycles. The molecule has 0 saturated heterocycles. The second-order valence-corrected chi connectivity index (χ2v) is 18.5. The molecule has 9 heteroatoms. The standard InChI is InChI=1S/C50H98N2O7/c1-8-11-14-17-20-27-34-41-56-49(55)57-42-35-28-26-33-40-52(44-45(4)43-51-48(54)59-50(5,6)7)39-32-25-21-24-31-38-47(53)58-46(36-29-22-18-15-12-9-2)37-30-23-19-16-13-10-3/h45-46H,8-44H2,1-7H3,(H,51,54). The molecule has 1 atom stereocenters. The summed E-state index contributed by atoms with van der Waals surface area (Å²) in [5, 5.41) is 2.94. The summed E-state index contributed by atoms with van der Waals surface area (Å²) in [6.45, 7) is 18.9. The van der Waals surface area contributed by atoms with E-state index in [0.717, 1.165) is 103 Å². The summed E-state index contributed by atoms with van der Waals surface area (Å²) in [6.07, 6.45) is 34.7. The van der Waals surface area contributed by atoms with Crippen LogP contribution in [0, 0.1) is 5.92 Å². The summed E-state index contributed by atoms with van der Waals surface area (Å²) in [5.74, 6) is 0.289. The van der Waals surface area contributed by atoms with Crippen LogP contribution in [0.1, 0.15) is 248 Å². The highest BCUT2D eigenvalue weighted by molar-refractivity contribution is 5.69. The monoisotopic (exact) mass is 839 g/mol. The molecule has 0 aliphatic heterocycles. The van der Waals surface area contributed by atoms with Gasteiger partial charge in [-0.05, 0) is 97.6 Å². The first-order chi connectivity index (χ1) is 28.5. The lowest BCUT2D eigenvalue weighted by Crippen LogP contribution is -2.38. The lowest BCUT2D eigenvalue weighted by atomic mass is 10.0. The van der Waals surface area contributed by atoms with E-state index in [1.54, 1.807) is 0 Å². The van der Waals surface area contributed by atoms with Gasteiger partial charge in [-0.15, -0.1) is 0 Å². The number of nitrogens with zero attached hydrogens (tertiary/aromatic N) is 1. The summed E-state index contributed by atoms with van der Waals surface area (Å²) in [4.78, 5) is 39.6. The van der Waals surface area contributed by atoms with E-state index in [9.17, 15) is 14.4 Å². The molecule has 0 spiro atoms. The number of unbranched alkanes of at least 4 members (excludes halogenated alkanes) is 23. The Morgan fingerprint density at radius 3 is 1.41 bits per heavy atom.